The van der Waals surface area contributed by atoms with Crippen LogP contribution in [-0.2, 0) is 14.3 Å². The molecule has 0 aliphatic carbocycles. The molecule has 0 saturated heterocycles. The number of aliphatic hydroxyl groups is 1. The fourth-order valence-electron chi connectivity index (χ4n) is 3.37. The Morgan fingerprint density at radius 2 is 2.04 bits per heavy atom. The fourth-order valence-corrected chi connectivity index (χ4v) is 3.37. The topological polar surface area (TPSA) is 76.1 Å². The van der Waals surface area contributed by atoms with Gasteiger partial charge in [-0.2, -0.15) is 0 Å². The van der Waals surface area contributed by atoms with E-state index < -0.39 is 17.7 Å². The van der Waals surface area contributed by atoms with Crippen LogP contribution in [-0.4, -0.2) is 48.6 Å². The standard InChI is InChI=1S/C22H31NO5/c1-5-11-28-17-9-6-8-16(14-17)20-19(18(24)13-15(2)3)21(25)22(26)23(20)10-7-12-27-4/h6,8-9,14-15,20,25H,5,7,10-13H2,1-4H3. The van der Waals surface area contributed by atoms with Gasteiger partial charge in [-0.05, 0) is 36.5 Å². The van der Waals surface area contributed by atoms with E-state index in [1.54, 1.807) is 12.0 Å². The number of ketones is 1. The molecule has 6 nitrogen and oxygen atoms in total. The van der Waals surface area contributed by atoms with Crippen LogP contribution >= 0.6 is 0 Å². The Kier molecular flexibility index (Phi) is 8.05. The van der Waals surface area contributed by atoms with Crippen molar-refractivity contribution in [2.75, 3.05) is 26.9 Å². The average molecular weight is 389 g/mol. The van der Waals surface area contributed by atoms with Crippen LogP contribution in [0.25, 0.3) is 0 Å². The summed E-state index contributed by atoms with van der Waals surface area (Å²) >= 11 is 0. The summed E-state index contributed by atoms with van der Waals surface area (Å²) in [5.74, 6) is -0.322. The van der Waals surface area contributed by atoms with Crippen LogP contribution in [0.15, 0.2) is 35.6 Å². The maximum Gasteiger partial charge on any atom is 0.290 e. The monoisotopic (exact) mass is 389 g/mol. The van der Waals surface area contributed by atoms with Crippen LogP contribution in [0.1, 0.15) is 51.6 Å². The molecule has 0 fully saturated rings. The van der Waals surface area contributed by atoms with Gasteiger partial charge in [0.2, 0.25) is 0 Å². The summed E-state index contributed by atoms with van der Waals surface area (Å²) < 4.78 is 10.8. The third kappa shape index (κ3) is 5.13. The average Bonchev–Trinajstić information content (AvgIpc) is 2.91. The van der Waals surface area contributed by atoms with Gasteiger partial charge >= 0.3 is 0 Å². The highest BCUT2D eigenvalue weighted by Gasteiger charge is 2.43. The zero-order chi connectivity index (χ0) is 20.7. The van der Waals surface area contributed by atoms with E-state index in [0.29, 0.717) is 31.9 Å². The second-order valence-corrected chi connectivity index (χ2v) is 7.45. The highest BCUT2D eigenvalue weighted by molar-refractivity contribution is 6.09. The smallest absolute Gasteiger partial charge is 0.290 e. The second kappa shape index (κ2) is 10.3. The van der Waals surface area contributed by atoms with E-state index >= 15 is 0 Å². The Hall–Kier alpha value is -2.34. The predicted molar refractivity (Wildman–Crippen MR) is 107 cm³/mol. The molecule has 0 spiro atoms. The van der Waals surface area contributed by atoms with Gasteiger partial charge in [-0.1, -0.05) is 32.9 Å². The van der Waals surface area contributed by atoms with E-state index in [2.05, 4.69) is 0 Å². The largest absolute Gasteiger partial charge is 0.503 e. The first kappa shape index (κ1) is 22.0. The number of methoxy groups -OCH3 is 1. The lowest BCUT2D eigenvalue weighted by Crippen LogP contribution is -2.32. The van der Waals surface area contributed by atoms with Crippen molar-refractivity contribution < 1.29 is 24.2 Å². The molecule has 0 bridgehead atoms. The number of carbonyl (C=O) groups is 2. The van der Waals surface area contributed by atoms with Crippen molar-refractivity contribution in [2.24, 2.45) is 5.92 Å². The van der Waals surface area contributed by atoms with E-state index in [0.717, 1.165) is 12.0 Å². The molecule has 1 aliphatic rings. The summed E-state index contributed by atoms with van der Waals surface area (Å²) in [5, 5.41) is 10.5. The Bertz CT molecular complexity index is 725. The Balaban J connectivity index is 2.41. The molecule has 0 saturated carbocycles. The summed E-state index contributed by atoms with van der Waals surface area (Å²) in [6.45, 7) is 7.38. The van der Waals surface area contributed by atoms with Crippen molar-refractivity contribution in [1.82, 2.24) is 4.90 Å². The number of amides is 1. The predicted octanol–water partition coefficient (Wildman–Crippen LogP) is 3.82. The molecule has 2 rings (SSSR count). The molecule has 1 aliphatic heterocycles. The number of rotatable bonds is 11. The van der Waals surface area contributed by atoms with Gasteiger partial charge in [-0.15, -0.1) is 0 Å². The first-order chi connectivity index (χ1) is 13.4. The fraction of sp³-hybridized carbons (Fsp3) is 0.545. The number of ether oxygens (including phenoxy) is 2. The maximum atomic E-state index is 12.9. The highest BCUT2D eigenvalue weighted by atomic mass is 16.5. The minimum absolute atomic E-state index is 0.130. The van der Waals surface area contributed by atoms with E-state index in [-0.39, 0.29) is 23.7 Å². The summed E-state index contributed by atoms with van der Waals surface area (Å²) in [6.07, 6.45) is 1.78. The normalized spacial score (nSPS) is 17.0. The summed E-state index contributed by atoms with van der Waals surface area (Å²) in [5.41, 5.74) is 0.944. The van der Waals surface area contributed by atoms with Crippen LogP contribution in [0.2, 0.25) is 0 Å². The van der Waals surface area contributed by atoms with E-state index in [1.165, 1.54) is 0 Å². The van der Waals surface area contributed by atoms with Gasteiger partial charge in [0, 0.05) is 26.7 Å². The van der Waals surface area contributed by atoms with Crippen molar-refractivity contribution in [3.05, 3.63) is 41.2 Å². The molecule has 1 aromatic rings. The van der Waals surface area contributed by atoms with Gasteiger partial charge in [-0.25, -0.2) is 0 Å². The number of carbonyl (C=O) groups excluding carboxylic acids is 2. The zero-order valence-corrected chi connectivity index (χ0v) is 17.2. The minimum atomic E-state index is -0.610. The molecular weight excluding hydrogens is 358 g/mol. The summed E-state index contributed by atoms with van der Waals surface area (Å²) in [6, 6.07) is 6.79. The molecule has 1 aromatic carbocycles. The SMILES string of the molecule is CCCOc1cccc(C2C(C(=O)CC(C)C)=C(O)C(=O)N2CCCOC)c1. The first-order valence-corrected chi connectivity index (χ1v) is 9.89. The van der Waals surface area contributed by atoms with Crippen LogP contribution in [0.4, 0.5) is 0 Å². The minimum Gasteiger partial charge on any atom is -0.503 e. The van der Waals surface area contributed by atoms with Crippen molar-refractivity contribution >= 4 is 11.7 Å². The molecule has 1 amide bonds. The molecule has 1 heterocycles. The van der Waals surface area contributed by atoms with Crippen molar-refractivity contribution in [3.8, 4) is 5.75 Å². The third-order valence-electron chi connectivity index (χ3n) is 4.59. The number of nitrogens with zero attached hydrogens (tertiary/aromatic N) is 1. The molecule has 1 atom stereocenters. The molecular formula is C22H31NO5. The number of hydrogen-bond donors (Lipinski definition) is 1. The number of hydrogen-bond acceptors (Lipinski definition) is 5. The van der Waals surface area contributed by atoms with E-state index in [9.17, 15) is 14.7 Å². The molecule has 1 N–H and O–H groups in total. The van der Waals surface area contributed by atoms with E-state index in [1.807, 2.05) is 45.0 Å². The zero-order valence-electron chi connectivity index (χ0n) is 17.2. The lowest BCUT2D eigenvalue weighted by atomic mass is 9.92. The lowest BCUT2D eigenvalue weighted by molar-refractivity contribution is -0.129. The number of Topliss-reactive ketones (excluding diaryl/α,β-unsaturated/α-hetero) is 1. The van der Waals surface area contributed by atoms with Crippen LogP contribution in [0.3, 0.4) is 0 Å². The molecule has 6 heteroatoms. The molecule has 0 aromatic heterocycles. The maximum absolute atomic E-state index is 12.9. The third-order valence-corrected chi connectivity index (χ3v) is 4.59. The van der Waals surface area contributed by atoms with Gasteiger partial charge in [0.1, 0.15) is 5.75 Å². The molecule has 0 radical (unpaired) electrons. The van der Waals surface area contributed by atoms with Crippen molar-refractivity contribution in [3.63, 3.8) is 0 Å². The molecule has 1 unspecified atom stereocenters. The van der Waals surface area contributed by atoms with Crippen molar-refractivity contribution in [1.29, 1.82) is 0 Å². The summed E-state index contributed by atoms with van der Waals surface area (Å²) in [7, 11) is 1.60. The van der Waals surface area contributed by atoms with E-state index in [4.69, 9.17) is 9.47 Å². The Morgan fingerprint density at radius 1 is 1.29 bits per heavy atom. The Morgan fingerprint density at radius 3 is 2.68 bits per heavy atom. The van der Waals surface area contributed by atoms with Crippen LogP contribution < -0.4 is 4.74 Å². The van der Waals surface area contributed by atoms with Gasteiger partial charge in [-0.3, -0.25) is 9.59 Å². The second-order valence-electron chi connectivity index (χ2n) is 7.45. The van der Waals surface area contributed by atoms with Crippen LogP contribution in [0.5, 0.6) is 5.75 Å². The quantitative estimate of drug-likeness (QED) is 0.582. The molecule has 28 heavy (non-hydrogen) atoms. The number of aliphatic hydroxyl groups excluding tert-OH is 1. The van der Waals surface area contributed by atoms with Gasteiger partial charge in [0.05, 0.1) is 18.2 Å². The van der Waals surface area contributed by atoms with Gasteiger partial charge in [0.15, 0.2) is 11.5 Å². The first-order valence-electron chi connectivity index (χ1n) is 9.89. The number of benzene rings is 1. The lowest BCUT2D eigenvalue weighted by Gasteiger charge is -2.27. The summed E-state index contributed by atoms with van der Waals surface area (Å²) in [4.78, 5) is 27.2. The molecule has 154 valence electrons. The highest BCUT2D eigenvalue weighted by Crippen LogP contribution is 2.39. The van der Waals surface area contributed by atoms with Crippen LogP contribution in [0, 0.1) is 5.92 Å². The van der Waals surface area contributed by atoms with Gasteiger partial charge < -0.3 is 19.5 Å². The Labute approximate surface area is 167 Å². The van der Waals surface area contributed by atoms with Gasteiger partial charge in [0.25, 0.3) is 5.91 Å². The van der Waals surface area contributed by atoms with Crippen molar-refractivity contribution in [2.45, 2.75) is 46.1 Å².